The summed E-state index contributed by atoms with van der Waals surface area (Å²) in [6.07, 6.45) is 1.41. The number of hydrazone groups is 1. The summed E-state index contributed by atoms with van der Waals surface area (Å²) in [6.45, 7) is 7.12. The highest BCUT2D eigenvalue weighted by Crippen LogP contribution is 2.29. The minimum absolute atomic E-state index is 0.0930. The first-order chi connectivity index (χ1) is 11.5. The van der Waals surface area contributed by atoms with E-state index >= 15 is 0 Å². The third kappa shape index (κ3) is 3.15. The van der Waals surface area contributed by atoms with Gasteiger partial charge in [0, 0.05) is 11.6 Å². The number of hydrogen-bond donors (Lipinski definition) is 2. The van der Waals surface area contributed by atoms with E-state index in [-0.39, 0.29) is 22.8 Å². The molecule has 0 fully saturated rings. The van der Waals surface area contributed by atoms with Crippen LogP contribution in [-0.4, -0.2) is 15.9 Å². The average molecular weight is 320 g/mol. The highest BCUT2D eigenvalue weighted by Gasteiger charge is 2.20. The zero-order chi connectivity index (χ0) is 17.1. The van der Waals surface area contributed by atoms with Crippen LogP contribution in [0.25, 0.3) is 0 Å². The second-order valence-corrected chi connectivity index (χ2v) is 5.15. The van der Waals surface area contributed by atoms with Gasteiger partial charge in [-0.2, -0.15) is 5.10 Å². The van der Waals surface area contributed by atoms with Gasteiger partial charge >= 0.3 is 0 Å². The molecule has 0 atom stereocenters. The summed E-state index contributed by atoms with van der Waals surface area (Å²) in [6, 6.07) is 16.6. The summed E-state index contributed by atoms with van der Waals surface area (Å²) >= 11 is 0. The topological polar surface area (TPSA) is 65.3 Å². The number of para-hydroxylation sites is 1. The number of hydrogen-bond acceptors (Lipinski definition) is 5. The zero-order valence-electron chi connectivity index (χ0n) is 12.9. The van der Waals surface area contributed by atoms with Crippen molar-refractivity contribution in [2.45, 2.75) is 0 Å². The van der Waals surface area contributed by atoms with E-state index in [9.17, 15) is 10.2 Å². The average Bonchev–Trinajstić information content (AvgIpc) is 2.58. The fourth-order valence-electron chi connectivity index (χ4n) is 2.19. The number of ether oxygens (including phenoxy) is 1. The molecule has 3 rings (SSSR count). The molecular formula is C19H16N2O3. The summed E-state index contributed by atoms with van der Waals surface area (Å²) in [4.78, 5) is 0. The number of rotatable bonds is 4. The molecule has 1 aliphatic heterocycles. The van der Waals surface area contributed by atoms with Crippen molar-refractivity contribution in [2.24, 2.45) is 5.10 Å². The summed E-state index contributed by atoms with van der Waals surface area (Å²) < 4.78 is 5.79. The van der Waals surface area contributed by atoms with Gasteiger partial charge in [0.25, 0.3) is 0 Å². The number of benzene rings is 2. The highest BCUT2D eigenvalue weighted by molar-refractivity contribution is 6.13. The Labute approximate surface area is 139 Å². The van der Waals surface area contributed by atoms with Crippen LogP contribution in [-0.2, 0) is 0 Å². The van der Waals surface area contributed by atoms with E-state index < -0.39 is 0 Å². The van der Waals surface area contributed by atoms with E-state index in [0.29, 0.717) is 17.2 Å². The zero-order valence-corrected chi connectivity index (χ0v) is 12.9. The maximum atomic E-state index is 9.99. The van der Waals surface area contributed by atoms with Gasteiger partial charge in [-0.25, -0.2) is 5.01 Å². The number of anilines is 1. The van der Waals surface area contributed by atoms with Gasteiger partial charge in [-0.05, 0) is 24.3 Å². The molecule has 0 bridgehead atoms. The Morgan fingerprint density at radius 3 is 2.46 bits per heavy atom. The standard InChI is InChI=1S/C19H16N2O3/c1-13-18(23)12-21(20-19(13)14(2)22)15-7-6-10-17(11-15)24-16-8-4-3-5-9-16/h3-12,22-23H,1-2H2. The normalized spacial score (nSPS) is 14.0. The molecule has 5 nitrogen and oxygen atoms in total. The van der Waals surface area contributed by atoms with E-state index in [1.807, 2.05) is 42.5 Å². The Morgan fingerprint density at radius 2 is 1.75 bits per heavy atom. The molecule has 2 N–H and O–H groups in total. The molecule has 0 aliphatic carbocycles. The van der Waals surface area contributed by atoms with Gasteiger partial charge in [0.15, 0.2) is 0 Å². The largest absolute Gasteiger partial charge is 0.506 e. The summed E-state index contributed by atoms with van der Waals surface area (Å²) in [7, 11) is 0. The number of allylic oxidation sites excluding steroid dienone is 2. The van der Waals surface area contributed by atoms with Gasteiger partial charge in [-0.15, -0.1) is 0 Å². The lowest BCUT2D eigenvalue weighted by Crippen LogP contribution is -2.21. The Bertz CT molecular complexity index is 854. The molecule has 24 heavy (non-hydrogen) atoms. The molecule has 5 heteroatoms. The van der Waals surface area contributed by atoms with Gasteiger partial charge in [-0.3, -0.25) is 0 Å². The molecule has 1 heterocycles. The summed E-state index contributed by atoms with van der Waals surface area (Å²) in [5.41, 5.74) is 1.00. The molecule has 0 amide bonds. The van der Waals surface area contributed by atoms with Crippen molar-refractivity contribution in [3.63, 3.8) is 0 Å². The van der Waals surface area contributed by atoms with Crippen LogP contribution in [0, 0.1) is 0 Å². The maximum absolute atomic E-state index is 9.99. The molecule has 1 aliphatic rings. The van der Waals surface area contributed by atoms with Gasteiger partial charge in [0.2, 0.25) is 0 Å². The van der Waals surface area contributed by atoms with E-state index in [4.69, 9.17) is 4.74 Å². The minimum atomic E-state index is -0.263. The predicted molar refractivity (Wildman–Crippen MR) is 94.5 cm³/mol. The molecular weight excluding hydrogens is 304 g/mol. The first kappa shape index (κ1) is 15.4. The predicted octanol–water partition coefficient (Wildman–Crippen LogP) is 4.68. The molecule has 2 aromatic carbocycles. The van der Waals surface area contributed by atoms with Crippen LogP contribution in [0.2, 0.25) is 0 Å². The molecule has 120 valence electrons. The molecule has 0 aromatic heterocycles. The van der Waals surface area contributed by atoms with E-state index in [1.54, 1.807) is 12.1 Å². The lowest BCUT2D eigenvalue weighted by molar-refractivity contribution is 0.417. The molecule has 2 aromatic rings. The fourth-order valence-corrected chi connectivity index (χ4v) is 2.19. The smallest absolute Gasteiger partial charge is 0.142 e. The SMILES string of the molecule is C=C(O)C1=NN(c2cccc(Oc3ccccc3)c2)C=C(O)C1=C. The molecule has 0 unspecified atom stereocenters. The fraction of sp³-hybridized carbons (Fsp3) is 0. The third-order valence-corrected chi connectivity index (χ3v) is 3.38. The van der Waals surface area contributed by atoms with E-state index in [0.717, 1.165) is 0 Å². The van der Waals surface area contributed by atoms with Crippen LogP contribution in [0.5, 0.6) is 11.5 Å². The van der Waals surface area contributed by atoms with Crippen LogP contribution >= 0.6 is 0 Å². The summed E-state index contributed by atoms with van der Waals surface area (Å²) in [5, 5.41) is 25.3. The van der Waals surface area contributed by atoms with Crippen LogP contribution in [0.15, 0.2) is 96.1 Å². The quantitative estimate of drug-likeness (QED) is 0.803. The lowest BCUT2D eigenvalue weighted by Gasteiger charge is -2.23. The third-order valence-electron chi connectivity index (χ3n) is 3.38. The highest BCUT2D eigenvalue weighted by atomic mass is 16.5. The van der Waals surface area contributed by atoms with Crippen molar-refractivity contribution in [1.82, 2.24) is 0 Å². The molecule has 0 radical (unpaired) electrons. The summed E-state index contributed by atoms with van der Waals surface area (Å²) in [5.74, 6) is 0.981. The first-order valence-corrected chi connectivity index (χ1v) is 7.24. The monoisotopic (exact) mass is 320 g/mol. The van der Waals surface area contributed by atoms with Crippen molar-refractivity contribution in [2.75, 3.05) is 5.01 Å². The van der Waals surface area contributed by atoms with E-state index in [2.05, 4.69) is 18.3 Å². The van der Waals surface area contributed by atoms with Crippen molar-refractivity contribution >= 4 is 11.4 Å². The van der Waals surface area contributed by atoms with Gasteiger partial charge in [-0.1, -0.05) is 37.4 Å². The van der Waals surface area contributed by atoms with Crippen molar-refractivity contribution < 1.29 is 14.9 Å². The van der Waals surface area contributed by atoms with Gasteiger partial charge < -0.3 is 14.9 Å². The van der Waals surface area contributed by atoms with Crippen LogP contribution < -0.4 is 9.75 Å². The molecule has 0 spiro atoms. The number of nitrogens with zero attached hydrogens (tertiary/aromatic N) is 2. The van der Waals surface area contributed by atoms with Crippen LogP contribution in [0.4, 0.5) is 5.69 Å². The van der Waals surface area contributed by atoms with Crippen LogP contribution in [0.3, 0.4) is 0 Å². The molecule has 0 saturated carbocycles. The van der Waals surface area contributed by atoms with Crippen molar-refractivity contribution in [3.05, 3.63) is 91.0 Å². The van der Waals surface area contributed by atoms with Crippen molar-refractivity contribution in [1.29, 1.82) is 0 Å². The first-order valence-electron chi connectivity index (χ1n) is 7.24. The Kier molecular flexibility index (Phi) is 4.07. The maximum Gasteiger partial charge on any atom is 0.142 e. The Balaban J connectivity index is 1.91. The Hall–Kier alpha value is -3.47. The van der Waals surface area contributed by atoms with Crippen LogP contribution in [0.1, 0.15) is 0 Å². The minimum Gasteiger partial charge on any atom is -0.506 e. The molecule has 0 saturated heterocycles. The second kappa shape index (κ2) is 6.34. The van der Waals surface area contributed by atoms with Gasteiger partial charge in [0.1, 0.15) is 28.7 Å². The van der Waals surface area contributed by atoms with Crippen molar-refractivity contribution in [3.8, 4) is 11.5 Å². The van der Waals surface area contributed by atoms with Gasteiger partial charge in [0.05, 0.1) is 11.9 Å². The number of aliphatic hydroxyl groups excluding tert-OH is 2. The number of aliphatic hydroxyl groups is 2. The van der Waals surface area contributed by atoms with E-state index in [1.165, 1.54) is 11.2 Å². The Morgan fingerprint density at radius 1 is 1.04 bits per heavy atom. The second-order valence-electron chi connectivity index (χ2n) is 5.15. The lowest BCUT2D eigenvalue weighted by atomic mass is 10.1.